The molecule has 0 fully saturated rings. The van der Waals surface area contributed by atoms with E-state index in [9.17, 15) is 18.4 Å². The van der Waals surface area contributed by atoms with Crippen LogP contribution in [0.15, 0.2) is 109 Å². The minimum absolute atomic E-state index is 0.0717. The molecule has 5 nitrogen and oxygen atoms in total. The Balaban J connectivity index is 1.59. The van der Waals surface area contributed by atoms with Gasteiger partial charge in [0.1, 0.15) is 17.4 Å². The van der Waals surface area contributed by atoms with Gasteiger partial charge >= 0.3 is 5.97 Å². The van der Waals surface area contributed by atoms with Gasteiger partial charge in [-0.05, 0) is 74.8 Å². The van der Waals surface area contributed by atoms with Gasteiger partial charge in [-0.25, -0.2) is 8.78 Å². The Bertz CT molecular complexity index is 1390. The number of benzene rings is 2. The Hall–Kier alpha value is -4.36. The third-order valence-corrected chi connectivity index (χ3v) is 6.52. The van der Waals surface area contributed by atoms with Crippen molar-refractivity contribution >= 4 is 11.9 Å². The van der Waals surface area contributed by atoms with Crippen LogP contribution in [-0.2, 0) is 20.9 Å². The van der Waals surface area contributed by atoms with E-state index in [2.05, 4.69) is 79.1 Å². The van der Waals surface area contributed by atoms with Crippen molar-refractivity contribution in [2.45, 2.75) is 71.8 Å². The van der Waals surface area contributed by atoms with Crippen LogP contribution in [0.25, 0.3) is 11.1 Å². The highest BCUT2D eigenvalue weighted by Crippen LogP contribution is 2.29. The SMILES string of the molecule is CCC=CCC=CCC=CCC=CCC=CCC=CCCC(=O)NCCOCc1cc(-c2ccc(F)cc2F)ccc1OC(C)=O. The van der Waals surface area contributed by atoms with Crippen LogP contribution in [0.4, 0.5) is 8.78 Å². The zero-order valence-electron chi connectivity index (χ0n) is 27.1. The second-order valence-electron chi connectivity index (χ2n) is 10.4. The van der Waals surface area contributed by atoms with Crippen LogP contribution in [0.3, 0.4) is 0 Å². The number of amides is 1. The summed E-state index contributed by atoms with van der Waals surface area (Å²) in [5.41, 5.74) is 1.24. The lowest BCUT2D eigenvalue weighted by Gasteiger charge is -2.13. The number of carbonyl (C=O) groups is 2. The molecule has 0 aliphatic heterocycles. The third kappa shape index (κ3) is 17.2. The van der Waals surface area contributed by atoms with Crippen LogP contribution < -0.4 is 10.1 Å². The molecule has 0 aromatic heterocycles. The van der Waals surface area contributed by atoms with Gasteiger partial charge in [0.2, 0.25) is 5.91 Å². The molecule has 0 bridgehead atoms. The first kappa shape index (κ1) is 37.8. The molecule has 0 saturated heterocycles. The van der Waals surface area contributed by atoms with Gasteiger partial charge in [-0.3, -0.25) is 9.59 Å². The number of esters is 1. The maximum absolute atomic E-state index is 14.3. The molecule has 0 aliphatic rings. The van der Waals surface area contributed by atoms with E-state index in [4.69, 9.17) is 9.47 Å². The molecule has 1 amide bonds. The molecular formula is C39H47F2NO4. The molecule has 246 valence electrons. The van der Waals surface area contributed by atoms with Gasteiger partial charge in [-0.1, -0.05) is 85.9 Å². The average Bonchev–Trinajstić information content (AvgIpc) is 3.02. The minimum Gasteiger partial charge on any atom is -0.426 e. The molecule has 2 aromatic rings. The Kier molecular flexibility index (Phi) is 19.7. The summed E-state index contributed by atoms with van der Waals surface area (Å²) in [6.07, 6.45) is 32.5. The van der Waals surface area contributed by atoms with E-state index in [0.717, 1.165) is 44.6 Å². The summed E-state index contributed by atoms with van der Waals surface area (Å²) in [6, 6.07) is 8.13. The van der Waals surface area contributed by atoms with Crippen LogP contribution >= 0.6 is 0 Å². The Morgan fingerprint density at radius 2 is 1.35 bits per heavy atom. The number of hydrogen-bond acceptors (Lipinski definition) is 4. The lowest BCUT2D eigenvalue weighted by molar-refractivity contribution is -0.132. The molecule has 0 saturated carbocycles. The lowest BCUT2D eigenvalue weighted by atomic mass is 10.0. The number of nitrogens with one attached hydrogen (secondary N) is 1. The third-order valence-electron chi connectivity index (χ3n) is 6.52. The fourth-order valence-electron chi connectivity index (χ4n) is 4.22. The number of ether oxygens (including phenoxy) is 2. The lowest BCUT2D eigenvalue weighted by Crippen LogP contribution is -2.26. The van der Waals surface area contributed by atoms with Crippen molar-refractivity contribution in [3.63, 3.8) is 0 Å². The monoisotopic (exact) mass is 631 g/mol. The van der Waals surface area contributed by atoms with Crippen molar-refractivity contribution < 1.29 is 27.8 Å². The number of carbonyl (C=O) groups excluding carboxylic acids is 2. The average molecular weight is 632 g/mol. The van der Waals surface area contributed by atoms with E-state index in [1.54, 1.807) is 18.2 Å². The number of allylic oxidation sites excluding steroid dienone is 12. The maximum atomic E-state index is 14.3. The van der Waals surface area contributed by atoms with Crippen LogP contribution in [-0.4, -0.2) is 25.0 Å². The van der Waals surface area contributed by atoms with Crippen molar-refractivity contribution in [3.8, 4) is 16.9 Å². The van der Waals surface area contributed by atoms with Gasteiger partial charge in [0.15, 0.2) is 0 Å². The maximum Gasteiger partial charge on any atom is 0.308 e. The normalized spacial score (nSPS) is 12.2. The first-order chi connectivity index (χ1) is 22.4. The van der Waals surface area contributed by atoms with Crippen molar-refractivity contribution in [3.05, 3.63) is 127 Å². The van der Waals surface area contributed by atoms with Gasteiger partial charge < -0.3 is 14.8 Å². The van der Waals surface area contributed by atoms with E-state index in [1.807, 2.05) is 6.08 Å². The first-order valence-corrected chi connectivity index (χ1v) is 15.9. The van der Waals surface area contributed by atoms with Gasteiger partial charge in [0.05, 0.1) is 13.2 Å². The van der Waals surface area contributed by atoms with E-state index in [1.165, 1.54) is 19.1 Å². The van der Waals surface area contributed by atoms with E-state index >= 15 is 0 Å². The highest BCUT2D eigenvalue weighted by atomic mass is 19.1. The summed E-state index contributed by atoms with van der Waals surface area (Å²) in [5, 5.41) is 2.82. The number of halogens is 2. The molecule has 2 rings (SSSR count). The summed E-state index contributed by atoms with van der Waals surface area (Å²) in [7, 11) is 0. The molecule has 0 radical (unpaired) electrons. The summed E-state index contributed by atoms with van der Waals surface area (Å²) in [4.78, 5) is 23.6. The molecule has 0 heterocycles. The Morgan fingerprint density at radius 3 is 1.91 bits per heavy atom. The van der Waals surface area contributed by atoms with Crippen molar-refractivity contribution in [2.75, 3.05) is 13.2 Å². The van der Waals surface area contributed by atoms with Crippen molar-refractivity contribution in [1.82, 2.24) is 5.32 Å². The van der Waals surface area contributed by atoms with Gasteiger partial charge in [0.25, 0.3) is 0 Å². The van der Waals surface area contributed by atoms with E-state index in [0.29, 0.717) is 36.3 Å². The highest BCUT2D eigenvalue weighted by molar-refractivity contribution is 5.76. The zero-order valence-corrected chi connectivity index (χ0v) is 27.1. The summed E-state index contributed by atoms with van der Waals surface area (Å²) in [5.74, 6) is -1.64. The first-order valence-electron chi connectivity index (χ1n) is 15.9. The van der Waals surface area contributed by atoms with Crippen molar-refractivity contribution in [1.29, 1.82) is 0 Å². The second kappa shape index (κ2) is 23.9. The molecule has 0 atom stereocenters. The molecule has 1 N–H and O–H groups in total. The smallest absolute Gasteiger partial charge is 0.308 e. The predicted molar refractivity (Wildman–Crippen MR) is 183 cm³/mol. The summed E-state index contributed by atoms with van der Waals surface area (Å²) in [6.45, 7) is 4.06. The highest BCUT2D eigenvalue weighted by Gasteiger charge is 2.12. The predicted octanol–water partition coefficient (Wildman–Crippen LogP) is 9.67. The molecular weight excluding hydrogens is 584 g/mol. The van der Waals surface area contributed by atoms with Gasteiger partial charge in [-0.15, -0.1) is 0 Å². The fourth-order valence-corrected chi connectivity index (χ4v) is 4.22. The second-order valence-corrected chi connectivity index (χ2v) is 10.4. The topological polar surface area (TPSA) is 64.6 Å². The fraction of sp³-hybridized carbons (Fsp3) is 0.333. The standard InChI is InChI=1S/C39H47F2NO4/c1-3-4-5-6-7-8-9-10-11-12-13-14-15-16-17-18-19-20-21-22-39(44)42-27-28-45-31-34-29-33(23-26-38(34)46-32(2)43)36-25-24-35(40)30-37(36)41/h4-5,7-8,10-11,13-14,16-17,19-20,23-26,29-30H,3,6,9,12,15,18,21-22,27-28,31H2,1-2H3,(H,42,44). The van der Waals surface area contributed by atoms with E-state index < -0.39 is 17.6 Å². The number of hydrogen-bond donors (Lipinski definition) is 1. The summed E-state index contributed by atoms with van der Waals surface area (Å²) < 4.78 is 38.5. The quantitative estimate of drug-likeness (QED) is 0.0645. The van der Waals surface area contributed by atoms with Crippen LogP contribution in [0.5, 0.6) is 5.75 Å². The van der Waals surface area contributed by atoms with Gasteiger partial charge in [-0.2, -0.15) is 0 Å². The van der Waals surface area contributed by atoms with Crippen LogP contribution in [0.1, 0.15) is 70.8 Å². The van der Waals surface area contributed by atoms with Crippen molar-refractivity contribution in [2.24, 2.45) is 0 Å². The minimum atomic E-state index is -0.696. The molecule has 7 heteroatoms. The largest absolute Gasteiger partial charge is 0.426 e. The zero-order chi connectivity index (χ0) is 33.2. The summed E-state index contributed by atoms with van der Waals surface area (Å²) >= 11 is 0. The number of rotatable bonds is 21. The van der Waals surface area contributed by atoms with Crippen LogP contribution in [0, 0.1) is 11.6 Å². The Morgan fingerprint density at radius 1 is 0.761 bits per heavy atom. The molecule has 0 spiro atoms. The molecule has 2 aromatic carbocycles. The Labute approximate surface area is 273 Å². The molecule has 0 aliphatic carbocycles. The van der Waals surface area contributed by atoms with E-state index in [-0.39, 0.29) is 24.7 Å². The molecule has 0 unspecified atom stereocenters. The van der Waals surface area contributed by atoms with Gasteiger partial charge in [0, 0.05) is 37.1 Å². The van der Waals surface area contributed by atoms with Crippen LogP contribution in [0.2, 0.25) is 0 Å². The molecule has 46 heavy (non-hydrogen) atoms.